The molecule has 2 aromatic carbocycles. The van der Waals surface area contributed by atoms with Crippen LogP contribution in [0.3, 0.4) is 0 Å². The van der Waals surface area contributed by atoms with Crippen molar-refractivity contribution in [3.05, 3.63) is 48.0 Å². The number of hydrogen-bond donors (Lipinski definition) is 2. The van der Waals surface area contributed by atoms with Crippen molar-refractivity contribution in [2.45, 2.75) is 26.3 Å². The van der Waals surface area contributed by atoms with Crippen molar-refractivity contribution >= 4 is 17.3 Å². The summed E-state index contributed by atoms with van der Waals surface area (Å²) in [5.74, 6) is 1.33. The van der Waals surface area contributed by atoms with Crippen LogP contribution in [0.25, 0.3) is 0 Å². The number of aryl methyl sites for hydroxylation is 1. The van der Waals surface area contributed by atoms with Crippen LogP contribution in [0.4, 0.5) is 11.4 Å². The summed E-state index contributed by atoms with van der Waals surface area (Å²) < 4.78 is 10.6. The zero-order chi connectivity index (χ0) is 16.2. The van der Waals surface area contributed by atoms with Crippen molar-refractivity contribution in [2.75, 3.05) is 17.4 Å². The molecule has 0 saturated carbocycles. The SMILES string of the molecule is CCc1ccc(NC(=O)C(C)Nc2ccc3c(c2)OCO3)cc1. The second-order valence-electron chi connectivity index (χ2n) is 5.47. The van der Waals surface area contributed by atoms with Crippen LogP contribution in [0.2, 0.25) is 0 Å². The van der Waals surface area contributed by atoms with Crippen LogP contribution >= 0.6 is 0 Å². The third-order valence-corrected chi connectivity index (χ3v) is 3.78. The van der Waals surface area contributed by atoms with Crippen molar-refractivity contribution in [3.8, 4) is 11.5 Å². The number of nitrogens with one attached hydrogen (secondary N) is 2. The maximum absolute atomic E-state index is 12.3. The molecule has 3 rings (SSSR count). The summed E-state index contributed by atoms with van der Waals surface area (Å²) in [6, 6.07) is 13.0. The van der Waals surface area contributed by atoms with Crippen LogP contribution in [-0.2, 0) is 11.2 Å². The Hall–Kier alpha value is -2.69. The summed E-state index contributed by atoms with van der Waals surface area (Å²) in [6.07, 6.45) is 0.982. The lowest BCUT2D eigenvalue weighted by atomic mass is 10.1. The lowest BCUT2D eigenvalue weighted by Crippen LogP contribution is -2.31. The predicted octanol–water partition coefficient (Wildman–Crippen LogP) is 3.42. The molecule has 1 aliphatic heterocycles. The maximum Gasteiger partial charge on any atom is 0.246 e. The Morgan fingerprint density at radius 2 is 1.78 bits per heavy atom. The summed E-state index contributed by atoms with van der Waals surface area (Å²) in [6.45, 7) is 4.16. The van der Waals surface area contributed by atoms with Gasteiger partial charge < -0.3 is 20.1 Å². The molecule has 1 amide bonds. The number of benzene rings is 2. The van der Waals surface area contributed by atoms with E-state index in [4.69, 9.17) is 9.47 Å². The van der Waals surface area contributed by atoms with Crippen LogP contribution in [-0.4, -0.2) is 18.7 Å². The van der Waals surface area contributed by atoms with Gasteiger partial charge in [-0.05, 0) is 43.2 Å². The summed E-state index contributed by atoms with van der Waals surface area (Å²) in [7, 11) is 0. The molecule has 1 unspecified atom stereocenters. The Kier molecular flexibility index (Phi) is 4.37. The highest BCUT2D eigenvalue weighted by molar-refractivity contribution is 5.96. The number of carbonyl (C=O) groups is 1. The number of rotatable bonds is 5. The Bertz CT molecular complexity index is 698. The average Bonchev–Trinajstić information content (AvgIpc) is 3.03. The molecule has 0 aromatic heterocycles. The van der Waals surface area contributed by atoms with Crippen molar-refractivity contribution in [1.29, 1.82) is 0 Å². The summed E-state index contributed by atoms with van der Waals surface area (Å²) in [5, 5.41) is 6.07. The third-order valence-electron chi connectivity index (χ3n) is 3.78. The standard InChI is InChI=1S/C18H20N2O3/c1-3-13-4-6-14(7-5-13)20-18(21)12(2)19-15-8-9-16-17(10-15)23-11-22-16/h4-10,12,19H,3,11H2,1-2H3,(H,20,21). The molecule has 0 saturated heterocycles. The smallest absolute Gasteiger partial charge is 0.246 e. The molecule has 0 spiro atoms. The molecule has 5 heteroatoms. The van der Waals surface area contributed by atoms with Gasteiger partial charge in [0, 0.05) is 17.4 Å². The van der Waals surface area contributed by atoms with Gasteiger partial charge in [-0.2, -0.15) is 0 Å². The van der Waals surface area contributed by atoms with Crippen molar-refractivity contribution in [2.24, 2.45) is 0 Å². The molecule has 0 fully saturated rings. The molecule has 2 N–H and O–H groups in total. The van der Waals surface area contributed by atoms with Gasteiger partial charge in [-0.15, -0.1) is 0 Å². The fourth-order valence-electron chi connectivity index (χ4n) is 2.38. The van der Waals surface area contributed by atoms with Gasteiger partial charge in [0.1, 0.15) is 6.04 Å². The van der Waals surface area contributed by atoms with E-state index in [2.05, 4.69) is 17.6 Å². The highest BCUT2D eigenvalue weighted by Crippen LogP contribution is 2.34. The van der Waals surface area contributed by atoms with E-state index in [-0.39, 0.29) is 18.7 Å². The van der Waals surface area contributed by atoms with Crippen LogP contribution in [0.15, 0.2) is 42.5 Å². The number of anilines is 2. The lowest BCUT2D eigenvalue weighted by Gasteiger charge is -2.15. The first-order chi connectivity index (χ1) is 11.2. The van der Waals surface area contributed by atoms with E-state index in [1.54, 1.807) is 0 Å². The van der Waals surface area contributed by atoms with Gasteiger partial charge in [-0.3, -0.25) is 4.79 Å². The van der Waals surface area contributed by atoms with Crippen LogP contribution in [0, 0.1) is 0 Å². The van der Waals surface area contributed by atoms with E-state index in [9.17, 15) is 4.79 Å². The molecule has 0 bridgehead atoms. The molecule has 120 valence electrons. The van der Waals surface area contributed by atoms with Gasteiger partial charge in [0.15, 0.2) is 11.5 Å². The molecule has 1 aliphatic rings. The van der Waals surface area contributed by atoms with Gasteiger partial charge >= 0.3 is 0 Å². The van der Waals surface area contributed by atoms with Crippen LogP contribution < -0.4 is 20.1 Å². The third kappa shape index (κ3) is 3.56. The molecule has 2 aromatic rings. The van der Waals surface area contributed by atoms with Gasteiger partial charge in [-0.1, -0.05) is 19.1 Å². The zero-order valence-electron chi connectivity index (χ0n) is 13.3. The molecule has 0 aliphatic carbocycles. The van der Waals surface area contributed by atoms with Crippen molar-refractivity contribution in [1.82, 2.24) is 0 Å². The molecule has 5 nitrogen and oxygen atoms in total. The van der Waals surface area contributed by atoms with Crippen molar-refractivity contribution < 1.29 is 14.3 Å². The minimum atomic E-state index is -0.374. The second kappa shape index (κ2) is 6.60. The molecular formula is C18H20N2O3. The number of hydrogen-bond acceptors (Lipinski definition) is 4. The fourth-order valence-corrected chi connectivity index (χ4v) is 2.38. The van der Waals surface area contributed by atoms with E-state index in [1.165, 1.54) is 5.56 Å². The normalized spacial score (nSPS) is 13.5. The second-order valence-corrected chi connectivity index (χ2v) is 5.47. The van der Waals surface area contributed by atoms with E-state index >= 15 is 0 Å². The Morgan fingerprint density at radius 1 is 1.09 bits per heavy atom. The van der Waals surface area contributed by atoms with E-state index in [0.717, 1.165) is 23.5 Å². The number of fused-ring (bicyclic) bond motifs is 1. The molecule has 0 radical (unpaired) electrons. The highest BCUT2D eigenvalue weighted by atomic mass is 16.7. The molecule has 1 heterocycles. The van der Waals surface area contributed by atoms with Gasteiger partial charge in [-0.25, -0.2) is 0 Å². The first-order valence-corrected chi connectivity index (χ1v) is 7.71. The molecule has 23 heavy (non-hydrogen) atoms. The molecule has 1 atom stereocenters. The average molecular weight is 312 g/mol. The van der Waals surface area contributed by atoms with Gasteiger partial charge in [0.05, 0.1) is 0 Å². The largest absolute Gasteiger partial charge is 0.454 e. The number of carbonyl (C=O) groups excluding carboxylic acids is 1. The highest BCUT2D eigenvalue weighted by Gasteiger charge is 2.16. The van der Waals surface area contributed by atoms with Crippen LogP contribution in [0.5, 0.6) is 11.5 Å². The predicted molar refractivity (Wildman–Crippen MR) is 90.1 cm³/mol. The zero-order valence-corrected chi connectivity index (χ0v) is 13.3. The van der Waals surface area contributed by atoms with E-state index in [1.807, 2.05) is 49.4 Å². The summed E-state index contributed by atoms with van der Waals surface area (Å²) >= 11 is 0. The maximum atomic E-state index is 12.3. The summed E-state index contributed by atoms with van der Waals surface area (Å²) in [5.41, 5.74) is 2.86. The van der Waals surface area contributed by atoms with Crippen molar-refractivity contribution in [3.63, 3.8) is 0 Å². The Morgan fingerprint density at radius 3 is 2.52 bits per heavy atom. The first-order valence-electron chi connectivity index (χ1n) is 7.71. The monoisotopic (exact) mass is 312 g/mol. The minimum Gasteiger partial charge on any atom is -0.454 e. The molecular weight excluding hydrogens is 292 g/mol. The topological polar surface area (TPSA) is 59.6 Å². The Labute approximate surface area is 135 Å². The van der Waals surface area contributed by atoms with E-state index in [0.29, 0.717) is 5.75 Å². The van der Waals surface area contributed by atoms with Gasteiger partial charge in [0.25, 0.3) is 0 Å². The number of amides is 1. The van der Waals surface area contributed by atoms with Gasteiger partial charge in [0.2, 0.25) is 12.7 Å². The summed E-state index contributed by atoms with van der Waals surface area (Å²) in [4.78, 5) is 12.3. The van der Waals surface area contributed by atoms with E-state index < -0.39 is 0 Å². The quantitative estimate of drug-likeness (QED) is 0.888. The minimum absolute atomic E-state index is 0.0908. The first kappa shape index (κ1) is 15.2. The fraction of sp³-hybridized carbons (Fsp3) is 0.278. The Balaban J connectivity index is 1.60. The van der Waals surface area contributed by atoms with Crippen LogP contribution in [0.1, 0.15) is 19.4 Å². The number of ether oxygens (including phenoxy) is 2. The lowest BCUT2D eigenvalue weighted by molar-refractivity contribution is -0.116.